The van der Waals surface area contributed by atoms with Crippen LogP contribution in [0.4, 0.5) is 34.1 Å². The molecule has 59 heavy (non-hydrogen) atoms. The monoisotopic (exact) mass is 772 g/mol. The van der Waals surface area contributed by atoms with Crippen LogP contribution < -0.4 is 9.80 Å². The van der Waals surface area contributed by atoms with Gasteiger partial charge in [-0.25, -0.2) is 0 Å². The van der Waals surface area contributed by atoms with Gasteiger partial charge in [-0.2, -0.15) is 0 Å². The van der Waals surface area contributed by atoms with Crippen molar-refractivity contribution < 1.29 is 4.42 Å². The number of rotatable bonds is 6. The lowest BCUT2D eigenvalue weighted by Crippen LogP contribution is -2.32. The Balaban J connectivity index is 1.19. The molecule has 0 atom stereocenters. The van der Waals surface area contributed by atoms with Crippen molar-refractivity contribution >= 4 is 67.8 Å². The maximum Gasteiger partial charge on any atom is 0.137 e. The van der Waals surface area contributed by atoms with Gasteiger partial charge in [-0.15, -0.1) is 0 Å². The minimum absolute atomic E-state index is 0.504. The van der Waals surface area contributed by atoms with Gasteiger partial charge in [0.15, 0.2) is 0 Å². The van der Waals surface area contributed by atoms with Crippen LogP contribution in [-0.4, -0.2) is 0 Å². The van der Waals surface area contributed by atoms with Crippen molar-refractivity contribution in [1.82, 2.24) is 0 Å². The predicted molar refractivity (Wildman–Crippen MR) is 245 cm³/mol. The Morgan fingerprint density at radius 3 is 1.56 bits per heavy atom. The van der Waals surface area contributed by atoms with Crippen LogP contribution in [0.3, 0.4) is 0 Å². The van der Waals surface area contributed by atoms with Gasteiger partial charge in [0.25, 0.3) is 0 Å². The van der Waals surface area contributed by atoms with Crippen LogP contribution in [0.5, 0.6) is 0 Å². The summed E-state index contributed by atoms with van der Waals surface area (Å²) in [7, 11) is 0. The Kier molecular flexibility index (Phi) is 7.69. The van der Waals surface area contributed by atoms with Gasteiger partial charge in [0.1, 0.15) is 11.2 Å². The van der Waals surface area contributed by atoms with Crippen LogP contribution in [0.1, 0.15) is 22.3 Å². The first-order chi connectivity index (χ1) is 29.3. The minimum atomic E-state index is -0.504. The molecule has 2 aliphatic rings. The quantitative estimate of drug-likeness (QED) is 0.168. The molecule has 1 spiro atoms. The second-order valence-corrected chi connectivity index (χ2v) is 16.3. The second kappa shape index (κ2) is 13.4. The number of hydrogen-bond acceptors (Lipinski definition) is 4. The lowest BCUT2D eigenvalue weighted by Gasteiger charge is -2.40. The number of nitrogens with zero attached hydrogens (tertiary/aromatic N) is 2. The number of para-hydroxylation sites is 4. The smallest absolute Gasteiger partial charge is 0.137 e. The third-order valence-corrected chi connectivity index (χ3v) is 13.2. The SMILES string of the molecule is c1ccc(N(c2ccc3c(c2)C2(c4ccccc4Sc4ccccc42)c2ccccc2-3)c2ccc3oc4ccccc4c3c2N(c2ccccc2)c2ccccc2)cc1. The molecule has 12 rings (SSSR count). The summed E-state index contributed by atoms with van der Waals surface area (Å²) in [5.74, 6) is 0. The van der Waals surface area contributed by atoms with Crippen LogP contribution >= 0.6 is 11.8 Å². The first-order valence-electron chi connectivity index (χ1n) is 20.1. The largest absolute Gasteiger partial charge is 0.456 e. The molecule has 1 aromatic heterocycles. The number of furan rings is 1. The molecule has 1 aliphatic heterocycles. The molecule has 0 amide bonds. The van der Waals surface area contributed by atoms with Gasteiger partial charge in [-0.1, -0.05) is 151 Å². The average Bonchev–Trinajstić information content (AvgIpc) is 3.82. The summed E-state index contributed by atoms with van der Waals surface area (Å²) in [6, 6.07) is 79.2. The van der Waals surface area contributed by atoms with E-state index in [0.717, 1.165) is 56.1 Å². The van der Waals surface area contributed by atoms with Crippen LogP contribution in [0.15, 0.2) is 233 Å². The van der Waals surface area contributed by atoms with Gasteiger partial charge < -0.3 is 14.2 Å². The van der Waals surface area contributed by atoms with E-state index in [9.17, 15) is 0 Å². The summed E-state index contributed by atoms with van der Waals surface area (Å²) >= 11 is 1.88. The Labute approximate surface area is 347 Å². The van der Waals surface area contributed by atoms with Crippen molar-refractivity contribution in [1.29, 1.82) is 0 Å². The molecule has 2 heterocycles. The van der Waals surface area contributed by atoms with E-state index in [2.05, 4.69) is 222 Å². The molecule has 0 N–H and O–H groups in total. The zero-order chi connectivity index (χ0) is 38.9. The summed E-state index contributed by atoms with van der Waals surface area (Å²) in [6.07, 6.45) is 0. The molecule has 0 saturated heterocycles. The highest BCUT2D eigenvalue weighted by molar-refractivity contribution is 7.99. The van der Waals surface area contributed by atoms with Crippen LogP contribution in [0, 0.1) is 0 Å². The van der Waals surface area contributed by atoms with Gasteiger partial charge in [0.2, 0.25) is 0 Å². The van der Waals surface area contributed by atoms with Crippen molar-refractivity contribution in [2.45, 2.75) is 15.2 Å². The van der Waals surface area contributed by atoms with E-state index in [1.807, 2.05) is 17.8 Å². The van der Waals surface area contributed by atoms with Crippen LogP contribution in [0.2, 0.25) is 0 Å². The van der Waals surface area contributed by atoms with Crippen molar-refractivity contribution in [3.8, 4) is 11.1 Å². The van der Waals surface area contributed by atoms with Gasteiger partial charge in [0.05, 0.1) is 22.2 Å². The number of benzene rings is 9. The van der Waals surface area contributed by atoms with Crippen LogP contribution in [0.25, 0.3) is 33.1 Å². The van der Waals surface area contributed by atoms with E-state index >= 15 is 0 Å². The van der Waals surface area contributed by atoms with Crippen LogP contribution in [-0.2, 0) is 5.41 Å². The summed E-state index contributed by atoms with van der Waals surface area (Å²) in [5.41, 5.74) is 15.3. The molecule has 4 heteroatoms. The van der Waals surface area contributed by atoms with E-state index in [1.165, 1.54) is 43.2 Å². The molecule has 0 fully saturated rings. The summed E-state index contributed by atoms with van der Waals surface area (Å²) in [5, 5.41) is 2.13. The van der Waals surface area contributed by atoms with E-state index < -0.39 is 5.41 Å². The van der Waals surface area contributed by atoms with E-state index in [-0.39, 0.29) is 0 Å². The van der Waals surface area contributed by atoms with Gasteiger partial charge in [-0.05, 0) is 112 Å². The van der Waals surface area contributed by atoms with Crippen molar-refractivity contribution in [3.05, 3.63) is 241 Å². The van der Waals surface area contributed by atoms with E-state index in [0.29, 0.717) is 0 Å². The third kappa shape index (κ3) is 5.03. The molecule has 278 valence electrons. The van der Waals surface area contributed by atoms with Crippen molar-refractivity contribution in [2.75, 3.05) is 9.80 Å². The highest BCUT2D eigenvalue weighted by Crippen LogP contribution is 2.63. The average molecular weight is 773 g/mol. The fourth-order valence-electron chi connectivity index (χ4n) is 9.74. The first kappa shape index (κ1) is 33.8. The molecular weight excluding hydrogens is 737 g/mol. The topological polar surface area (TPSA) is 19.6 Å². The normalized spacial score (nSPS) is 13.2. The molecule has 3 nitrogen and oxygen atoms in total. The van der Waals surface area contributed by atoms with E-state index in [1.54, 1.807) is 0 Å². The predicted octanol–water partition coefficient (Wildman–Crippen LogP) is 15.4. The summed E-state index contributed by atoms with van der Waals surface area (Å²) in [6.45, 7) is 0. The standard InChI is InChI=1S/C55H36N2OS/c1-4-18-37(19-5-1)56(48-34-35-50-53(43-25-11-15-29-49(43)58-50)54(48)57(38-20-6-2-7-21-38)39-22-8-3-9-23-39)40-32-33-42-41-24-10-12-26-44(41)55(47(42)36-40)45-27-13-16-30-51(45)59-52-31-17-14-28-46(52)55/h1-36H. The van der Waals surface area contributed by atoms with E-state index in [4.69, 9.17) is 4.42 Å². The second-order valence-electron chi connectivity index (χ2n) is 15.2. The lowest BCUT2D eigenvalue weighted by molar-refractivity contribution is 0.669. The Morgan fingerprint density at radius 2 is 0.898 bits per heavy atom. The third-order valence-electron chi connectivity index (χ3n) is 12.1. The molecule has 0 unspecified atom stereocenters. The zero-order valence-electron chi connectivity index (χ0n) is 32.0. The fraction of sp³-hybridized carbons (Fsp3) is 0.0182. The summed E-state index contributed by atoms with van der Waals surface area (Å²) in [4.78, 5) is 7.42. The fourth-order valence-corrected chi connectivity index (χ4v) is 10.9. The molecule has 0 saturated carbocycles. The molecular formula is C55H36N2OS. The molecule has 9 aromatic carbocycles. The Bertz CT molecular complexity index is 3130. The van der Waals surface area contributed by atoms with Crippen molar-refractivity contribution in [3.63, 3.8) is 0 Å². The lowest BCUT2D eigenvalue weighted by atomic mass is 9.67. The number of anilines is 6. The number of hydrogen-bond donors (Lipinski definition) is 0. The maximum absolute atomic E-state index is 6.65. The van der Waals surface area contributed by atoms with Gasteiger partial charge >= 0.3 is 0 Å². The van der Waals surface area contributed by atoms with Crippen molar-refractivity contribution in [2.24, 2.45) is 0 Å². The molecule has 0 radical (unpaired) electrons. The maximum atomic E-state index is 6.65. The van der Waals surface area contributed by atoms with Gasteiger partial charge in [-0.3, -0.25) is 0 Å². The van der Waals surface area contributed by atoms with Gasteiger partial charge in [0, 0.05) is 37.9 Å². The molecule has 10 aromatic rings. The highest BCUT2D eigenvalue weighted by Gasteiger charge is 2.50. The Hall–Kier alpha value is -7.27. The minimum Gasteiger partial charge on any atom is -0.456 e. The number of fused-ring (bicyclic) bond motifs is 12. The summed E-state index contributed by atoms with van der Waals surface area (Å²) < 4.78 is 6.65. The zero-order valence-corrected chi connectivity index (χ0v) is 32.8. The highest BCUT2D eigenvalue weighted by atomic mass is 32.2. The first-order valence-corrected chi connectivity index (χ1v) is 20.9. The Morgan fingerprint density at radius 1 is 0.373 bits per heavy atom. The molecule has 1 aliphatic carbocycles. The molecule has 0 bridgehead atoms.